The zero-order valence-electron chi connectivity index (χ0n) is 9.24. The van der Waals surface area contributed by atoms with Crippen LogP contribution in [0.3, 0.4) is 0 Å². The van der Waals surface area contributed by atoms with E-state index in [4.69, 9.17) is 9.47 Å². The second kappa shape index (κ2) is 5.17. The van der Waals surface area contributed by atoms with E-state index in [9.17, 15) is 0 Å². The smallest absolute Gasteiger partial charge is 0.122 e. The summed E-state index contributed by atoms with van der Waals surface area (Å²) < 4.78 is 11.1. The third-order valence-electron chi connectivity index (χ3n) is 2.91. The molecule has 1 saturated heterocycles. The summed E-state index contributed by atoms with van der Waals surface area (Å²) >= 11 is 0. The first-order valence-electron chi connectivity index (χ1n) is 5.62. The van der Waals surface area contributed by atoms with Gasteiger partial charge in [0.15, 0.2) is 0 Å². The highest BCUT2D eigenvalue weighted by Gasteiger charge is 2.14. The third-order valence-corrected chi connectivity index (χ3v) is 2.91. The van der Waals surface area contributed by atoms with Gasteiger partial charge in [0.05, 0.1) is 6.61 Å². The molecule has 0 aliphatic carbocycles. The molecule has 1 fully saturated rings. The maximum Gasteiger partial charge on any atom is 0.122 e. The lowest BCUT2D eigenvalue weighted by atomic mass is 10.0. The number of rotatable bonds is 3. The van der Waals surface area contributed by atoms with Crippen LogP contribution in [0.5, 0.6) is 5.75 Å². The second-order valence-corrected chi connectivity index (χ2v) is 4.13. The molecule has 1 aromatic carbocycles. The average molecular weight is 206 g/mol. The van der Waals surface area contributed by atoms with Gasteiger partial charge in [-0.2, -0.15) is 0 Å². The zero-order valence-corrected chi connectivity index (χ0v) is 9.24. The average Bonchev–Trinajstić information content (AvgIpc) is 2.29. The molecule has 0 bridgehead atoms. The molecular formula is C13H18O2. The molecule has 0 aromatic heterocycles. The molecule has 0 spiro atoms. The van der Waals surface area contributed by atoms with Crippen LogP contribution in [0.1, 0.15) is 18.4 Å². The van der Waals surface area contributed by atoms with Gasteiger partial charge in [-0.3, -0.25) is 0 Å². The van der Waals surface area contributed by atoms with Crippen molar-refractivity contribution in [1.82, 2.24) is 0 Å². The molecule has 2 heteroatoms. The summed E-state index contributed by atoms with van der Waals surface area (Å²) in [7, 11) is 0. The van der Waals surface area contributed by atoms with Crippen LogP contribution in [0.25, 0.3) is 0 Å². The van der Waals surface area contributed by atoms with Crippen LogP contribution in [0.4, 0.5) is 0 Å². The molecule has 1 aliphatic rings. The molecule has 0 N–H and O–H groups in total. The van der Waals surface area contributed by atoms with Crippen molar-refractivity contribution in [2.24, 2.45) is 5.92 Å². The Morgan fingerprint density at radius 1 is 1.27 bits per heavy atom. The van der Waals surface area contributed by atoms with Crippen molar-refractivity contribution >= 4 is 0 Å². The van der Waals surface area contributed by atoms with Gasteiger partial charge in [0.2, 0.25) is 0 Å². The van der Waals surface area contributed by atoms with Crippen molar-refractivity contribution in [3.05, 3.63) is 29.8 Å². The third kappa shape index (κ3) is 2.96. The van der Waals surface area contributed by atoms with Gasteiger partial charge in [0.1, 0.15) is 5.75 Å². The molecule has 0 saturated carbocycles. The van der Waals surface area contributed by atoms with Crippen LogP contribution < -0.4 is 4.74 Å². The molecule has 0 amide bonds. The fourth-order valence-electron chi connectivity index (χ4n) is 1.84. The minimum absolute atomic E-state index is 0.665. The Hall–Kier alpha value is -1.02. The number of aryl methyl sites for hydroxylation is 1. The molecule has 0 radical (unpaired) electrons. The Kier molecular flexibility index (Phi) is 3.62. The lowest BCUT2D eigenvalue weighted by molar-refractivity contribution is 0.0496. The quantitative estimate of drug-likeness (QED) is 0.757. The van der Waals surface area contributed by atoms with Crippen molar-refractivity contribution in [2.45, 2.75) is 19.8 Å². The van der Waals surface area contributed by atoms with Crippen LogP contribution in [0, 0.1) is 12.8 Å². The molecule has 82 valence electrons. The van der Waals surface area contributed by atoms with Gasteiger partial charge in [-0.05, 0) is 37.3 Å². The summed E-state index contributed by atoms with van der Waals surface area (Å²) in [6.45, 7) is 4.69. The molecule has 0 atom stereocenters. The first-order valence-corrected chi connectivity index (χ1v) is 5.62. The Morgan fingerprint density at radius 3 is 2.73 bits per heavy atom. The number of hydrogen-bond acceptors (Lipinski definition) is 2. The normalized spacial score (nSPS) is 17.7. The van der Waals surface area contributed by atoms with E-state index >= 15 is 0 Å². The summed E-state index contributed by atoms with van der Waals surface area (Å²) in [5, 5.41) is 0. The molecule has 1 aromatic rings. The van der Waals surface area contributed by atoms with Crippen LogP contribution in [0.15, 0.2) is 24.3 Å². The summed E-state index contributed by atoms with van der Waals surface area (Å²) in [4.78, 5) is 0. The maximum atomic E-state index is 5.82. The second-order valence-electron chi connectivity index (χ2n) is 4.13. The minimum atomic E-state index is 0.665. The molecule has 15 heavy (non-hydrogen) atoms. The molecule has 2 rings (SSSR count). The Bertz CT molecular complexity index is 303. The van der Waals surface area contributed by atoms with Gasteiger partial charge in [0.25, 0.3) is 0 Å². The summed E-state index contributed by atoms with van der Waals surface area (Å²) in [5.74, 6) is 1.68. The number of hydrogen-bond donors (Lipinski definition) is 0. The lowest BCUT2D eigenvalue weighted by Gasteiger charge is -2.22. The van der Waals surface area contributed by atoms with E-state index in [2.05, 4.69) is 13.0 Å². The van der Waals surface area contributed by atoms with E-state index in [0.29, 0.717) is 5.92 Å². The predicted octanol–water partition coefficient (Wildman–Crippen LogP) is 2.80. The van der Waals surface area contributed by atoms with Gasteiger partial charge >= 0.3 is 0 Å². The Morgan fingerprint density at radius 2 is 2.00 bits per heavy atom. The van der Waals surface area contributed by atoms with Gasteiger partial charge in [0, 0.05) is 13.2 Å². The fourth-order valence-corrected chi connectivity index (χ4v) is 1.84. The van der Waals surface area contributed by atoms with E-state index in [1.54, 1.807) is 0 Å². The molecule has 1 aliphatic heterocycles. The molecule has 0 unspecified atom stereocenters. The van der Waals surface area contributed by atoms with E-state index in [0.717, 1.165) is 38.4 Å². The van der Waals surface area contributed by atoms with Crippen LogP contribution in [-0.4, -0.2) is 19.8 Å². The fraction of sp³-hybridized carbons (Fsp3) is 0.538. The van der Waals surface area contributed by atoms with Crippen molar-refractivity contribution in [3.63, 3.8) is 0 Å². The molecule has 1 heterocycles. The SMILES string of the molecule is Cc1ccccc1OCC1CCOCC1. The van der Waals surface area contributed by atoms with Crippen molar-refractivity contribution in [2.75, 3.05) is 19.8 Å². The number of ether oxygens (including phenoxy) is 2. The Balaban J connectivity index is 1.84. The lowest BCUT2D eigenvalue weighted by Crippen LogP contribution is -2.21. The summed E-state index contributed by atoms with van der Waals surface area (Å²) in [5.41, 5.74) is 1.21. The van der Waals surface area contributed by atoms with Crippen LogP contribution >= 0.6 is 0 Å². The Labute approximate surface area is 91.2 Å². The zero-order chi connectivity index (χ0) is 10.5. The van der Waals surface area contributed by atoms with Crippen molar-refractivity contribution < 1.29 is 9.47 Å². The monoisotopic (exact) mass is 206 g/mol. The van der Waals surface area contributed by atoms with Gasteiger partial charge in [-0.25, -0.2) is 0 Å². The van der Waals surface area contributed by atoms with E-state index < -0.39 is 0 Å². The van der Waals surface area contributed by atoms with Gasteiger partial charge in [-0.1, -0.05) is 18.2 Å². The van der Waals surface area contributed by atoms with Crippen molar-refractivity contribution in [1.29, 1.82) is 0 Å². The highest BCUT2D eigenvalue weighted by molar-refractivity contribution is 5.31. The van der Waals surface area contributed by atoms with E-state index in [1.807, 2.05) is 18.2 Å². The van der Waals surface area contributed by atoms with E-state index in [1.165, 1.54) is 5.56 Å². The first-order chi connectivity index (χ1) is 7.36. The predicted molar refractivity (Wildman–Crippen MR) is 60.2 cm³/mol. The van der Waals surface area contributed by atoms with Gasteiger partial charge in [-0.15, -0.1) is 0 Å². The summed E-state index contributed by atoms with van der Waals surface area (Å²) in [6.07, 6.45) is 2.26. The highest BCUT2D eigenvalue weighted by atomic mass is 16.5. The number of para-hydroxylation sites is 1. The molecular weight excluding hydrogens is 188 g/mol. The van der Waals surface area contributed by atoms with E-state index in [-0.39, 0.29) is 0 Å². The van der Waals surface area contributed by atoms with Crippen LogP contribution in [-0.2, 0) is 4.74 Å². The number of benzene rings is 1. The standard InChI is InChI=1S/C13H18O2/c1-11-4-2-3-5-13(11)15-10-12-6-8-14-9-7-12/h2-5,12H,6-10H2,1H3. The van der Waals surface area contributed by atoms with Gasteiger partial charge < -0.3 is 9.47 Å². The topological polar surface area (TPSA) is 18.5 Å². The largest absolute Gasteiger partial charge is 0.493 e. The molecule has 2 nitrogen and oxygen atoms in total. The maximum absolute atomic E-state index is 5.82. The summed E-state index contributed by atoms with van der Waals surface area (Å²) in [6, 6.07) is 8.18. The van der Waals surface area contributed by atoms with Crippen LogP contribution in [0.2, 0.25) is 0 Å². The highest BCUT2D eigenvalue weighted by Crippen LogP contribution is 2.20. The first kappa shape index (κ1) is 10.5. The minimum Gasteiger partial charge on any atom is -0.493 e. The van der Waals surface area contributed by atoms with Crippen molar-refractivity contribution in [3.8, 4) is 5.75 Å².